The first-order chi connectivity index (χ1) is 3.63. The molecule has 0 saturated heterocycles. The maximum Gasteiger partial charge on any atom is 0.303 e. The Kier molecular flexibility index (Phi) is 7.67. The van der Waals surface area contributed by atoms with E-state index in [0.29, 0.717) is 0 Å². The van der Waals surface area contributed by atoms with E-state index in [9.17, 15) is 9.59 Å². The van der Waals surface area contributed by atoms with Crippen LogP contribution in [0.2, 0.25) is 0 Å². The zero-order chi connectivity index (χ0) is 6.57. The minimum atomic E-state index is -1.08. The quantitative estimate of drug-likeness (QED) is 0.689. The minimum Gasteiger partial charge on any atom is -0.481 e. The summed E-state index contributed by atoms with van der Waals surface area (Å²) in [7, 11) is 0. The summed E-state index contributed by atoms with van der Waals surface area (Å²) in [5.74, 6) is -2.15. The van der Waals surface area contributed by atoms with Crippen LogP contribution in [0, 0.1) is 0 Å². The third-order valence-corrected chi connectivity index (χ3v) is 0.553. The van der Waals surface area contributed by atoms with E-state index in [0.717, 1.165) is 0 Å². The molecular weight excluding hydrogens is 321 g/mol. The Hall–Kier alpha value is -0.177. The van der Waals surface area contributed by atoms with Crippen molar-refractivity contribution in [2.75, 3.05) is 0 Å². The van der Waals surface area contributed by atoms with Gasteiger partial charge < -0.3 is 10.2 Å². The van der Waals surface area contributed by atoms with E-state index >= 15 is 0 Å². The fraction of sp³-hybridized carbons (Fsp3) is 0.500. The second-order valence-electron chi connectivity index (χ2n) is 1.29. The van der Waals surface area contributed by atoms with Crippen LogP contribution in [0.4, 0.5) is 0 Å². The Labute approximate surface area is 71.0 Å². The standard InChI is InChI=1S/C4H6O4.Bi/c5-3(6)1-2-4(7)8;/h1-2H2,(H,5,6)(H,7,8);. The molecule has 2 N–H and O–H groups in total. The van der Waals surface area contributed by atoms with Crippen molar-refractivity contribution in [3.63, 3.8) is 0 Å². The van der Waals surface area contributed by atoms with E-state index in [1.165, 1.54) is 0 Å². The van der Waals surface area contributed by atoms with Crippen LogP contribution in [0.3, 0.4) is 0 Å². The Bertz CT molecular complexity index is 97.1. The number of hydrogen-bond acceptors (Lipinski definition) is 2. The molecule has 0 aliphatic carbocycles. The second-order valence-corrected chi connectivity index (χ2v) is 1.29. The van der Waals surface area contributed by atoms with E-state index < -0.39 is 11.9 Å². The fourth-order valence-corrected chi connectivity index (χ4v) is 0.214. The summed E-state index contributed by atoms with van der Waals surface area (Å²) >= 11 is 0. The zero-order valence-corrected chi connectivity index (χ0v) is 8.05. The summed E-state index contributed by atoms with van der Waals surface area (Å²) in [6.45, 7) is 0. The zero-order valence-electron chi connectivity index (χ0n) is 4.57. The van der Waals surface area contributed by atoms with Crippen molar-refractivity contribution >= 4 is 38.1 Å². The SMILES string of the molecule is O=C(O)CCC(=O)O.[Bi]. The molecule has 0 aromatic carbocycles. The third-order valence-electron chi connectivity index (χ3n) is 0.553. The van der Waals surface area contributed by atoms with E-state index in [1.54, 1.807) is 0 Å². The van der Waals surface area contributed by atoms with Gasteiger partial charge in [-0.2, -0.15) is 0 Å². The van der Waals surface area contributed by atoms with Crippen LogP contribution in [0.1, 0.15) is 12.8 Å². The van der Waals surface area contributed by atoms with Crippen LogP contribution < -0.4 is 0 Å². The molecule has 0 aromatic heterocycles. The molecule has 0 saturated carbocycles. The number of aliphatic carboxylic acids is 2. The molecule has 0 rings (SSSR count). The number of carboxylic acids is 2. The maximum atomic E-state index is 9.64. The number of carboxylic acid groups (broad SMARTS) is 2. The minimum absolute atomic E-state index is 0. The van der Waals surface area contributed by atoms with Gasteiger partial charge in [-0.15, -0.1) is 0 Å². The van der Waals surface area contributed by atoms with Crippen LogP contribution in [-0.2, 0) is 9.59 Å². The molecule has 0 fully saturated rings. The topological polar surface area (TPSA) is 74.6 Å². The van der Waals surface area contributed by atoms with Gasteiger partial charge in [-0.3, -0.25) is 9.59 Å². The van der Waals surface area contributed by atoms with Crippen molar-refractivity contribution in [1.82, 2.24) is 0 Å². The predicted octanol–water partition coefficient (Wildman–Crippen LogP) is -0.445. The first kappa shape index (κ1) is 11.6. The van der Waals surface area contributed by atoms with E-state index in [4.69, 9.17) is 10.2 Å². The normalized spacial score (nSPS) is 7.56. The van der Waals surface area contributed by atoms with E-state index in [1.807, 2.05) is 0 Å². The summed E-state index contributed by atoms with van der Waals surface area (Å²) in [6, 6.07) is 0. The van der Waals surface area contributed by atoms with Crippen molar-refractivity contribution in [3.8, 4) is 0 Å². The van der Waals surface area contributed by atoms with Crippen molar-refractivity contribution in [1.29, 1.82) is 0 Å². The largest absolute Gasteiger partial charge is 0.481 e. The molecule has 0 amide bonds. The van der Waals surface area contributed by atoms with Crippen LogP contribution in [-0.4, -0.2) is 48.4 Å². The molecule has 0 bridgehead atoms. The van der Waals surface area contributed by atoms with Crippen LogP contribution in [0.25, 0.3) is 0 Å². The Morgan fingerprint density at radius 2 is 1.22 bits per heavy atom. The summed E-state index contributed by atoms with van der Waals surface area (Å²) in [5.41, 5.74) is 0. The molecule has 5 heteroatoms. The van der Waals surface area contributed by atoms with Gasteiger partial charge in [0.1, 0.15) is 0 Å². The molecule has 4 nitrogen and oxygen atoms in total. The molecule has 0 aliphatic rings. The van der Waals surface area contributed by atoms with Crippen LogP contribution >= 0.6 is 0 Å². The molecule has 0 aromatic rings. The monoisotopic (exact) mass is 327 g/mol. The van der Waals surface area contributed by atoms with Gasteiger partial charge >= 0.3 is 11.9 Å². The van der Waals surface area contributed by atoms with Gasteiger partial charge in [0.15, 0.2) is 0 Å². The van der Waals surface area contributed by atoms with Gasteiger partial charge in [0, 0.05) is 26.2 Å². The second kappa shape index (κ2) is 5.95. The van der Waals surface area contributed by atoms with Gasteiger partial charge in [-0.05, 0) is 0 Å². The first-order valence-corrected chi connectivity index (χ1v) is 2.06. The number of carbonyl (C=O) groups is 2. The van der Waals surface area contributed by atoms with Crippen LogP contribution in [0.5, 0.6) is 0 Å². The molecule has 0 aliphatic heterocycles. The molecule has 9 heavy (non-hydrogen) atoms. The molecule has 51 valence electrons. The molecule has 0 heterocycles. The average molecular weight is 327 g/mol. The summed E-state index contributed by atoms with van der Waals surface area (Å²) in [5, 5.41) is 15.8. The van der Waals surface area contributed by atoms with Crippen molar-refractivity contribution in [2.45, 2.75) is 12.8 Å². The smallest absolute Gasteiger partial charge is 0.303 e. The van der Waals surface area contributed by atoms with Crippen molar-refractivity contribution in [3.05, 3.63) is 0 Å². The maximum absolute atomic E-state index is 9.64. The summed E-state index contributed by atoms with van der Waals surface area (Å²) < 4.78 is 0. The molecular formula is C4H6BiO4. The van der Waals surface area contributed by atoms with Gasteiger partial charge in [0.2, 0.25) is 0 Å². The van der Waals surface area contributed by atoms with Crippen molar-refractivity contribution < 1.29 is 19.8 Å². The summed E-state index contributed by atoms with van der Waals surface area (Å²) in [4.78, 5) is 19.3. The fourth-order valence-electron chi connectivity index (χ4n) is 0.214. The van der Waals surface area contributed by atoms with E-state index in [2.05, 4.69) is 0 Å². The summed E-state index contributed by atoms with van der Waals surface area (Å²) in [6.07, 6.45) is -0.593. The van der Waals surface area contributed by atoms with Gasteiger partial charge in [0.05, 0.1) is 12.8 Å². The van der Waals surface area contributed by atoms with Crippen molar-refractivity contribution in [2.24, 2.45) is 0 Å². The number of hydrogen-bond donors (Lipinski definition) is 2. The molecule has 0 spiro atoms. The Morgan fingerprint density at radius 3 is 1.33 bits per heavy atom. The molecule has 0 unspecified atom stereocenters. The van der Waals surface area contributed by atoms with Gasteiger partial charge in [-0.25, -0.2) is 0 Å². The molecule has 0 atom stereocenters. The third kappa shape index (κ3) is 11.4. The average Bonchev–Trinajstić information content (AvgIpc) is 1.61. The van der Waals surface area contributed by atoms with Gasteiger partial charge in [0.25, 0.3) is 0 Å². The Balaban J connectivity index is 0. The van der Waals surface area contributed by atoms with Crippen LogP contribution in [0.15, 0.2) is 0 Å². The first-order valence-electron chi connectivity index (χ1n) is 2.06. The molecule has 3 radical (unpaired) electrons. The predicted molar refractivity (Wildman–Crippen MR) is 30.3 cm³/mol. The number of rotatable bonds is 3. The Morgan fingerprint density at radius 1 is 1.00 bits per heavy atom. The van der Waals surface area contributed by atoms with E-state index in [-0.39, 0.29) is 39.0 Å². The van der Waals surface area contributed by atoms with Gasteiger partial charge in [-0.1, -0.05) is 0 Å².